The van der Waals surface area contributed by atoms with Crippen molar-refractivity contribution in [3.8, 4) is 5.75 Å². The molecule has 0 fully saturated rings. The summed E-state index contributed by atoms with van der Waals surface area (Å²) in [6.07, 6.45) is 0. The first-order valence-corrected chi connectivity index (χ1v) is 8.05. The summed E-state index contributed by atoms with van der Waals surface area (Å²) in [6, 6.07) is 14.0. The number of hydrogen-bond donors (Lipinski definition) is 2. The van der Waals surface area contributed by atoms with Crippen molar-refractivity contribution >= 4 is 10.9 Å². The number of pyridine rings is 1. The zero-order chi connectivity index (χ0) is 17.1. The molecule has 3 aromatic rings. The maximum absolute atomic E-state index is 12.3. The van der Waals surface area contributed by atoms with Gasteiger partial charge >= 0.3 is 0 Å². The molecule has 0 unspecified atom stereocenters. The molecule has 2 aromatic carbocycles. The van der Waals surface area contributed by atoms with E-state index in [1.54, 1.807) is 7.11 Å². The summed E-state index contributed by atoms with van der Waals surface area (Å²) in [5.74, 6) is 0.850. The molecule has 1 heterocycles. The van der Waals surface area contributed by atoms with Gasteiger partial charge in [0.1, 0.15) is 5.75 Å². The maximum Gasteiger partial charge on any atom is 0.252 e. The fourth-order valence-electron chi connectivity index (χ4n) is 2.88. The molecule has 0 aliphatic heterocycles. The third kappa shape index (κ3) is 3.19. The number of hydrogen-bond acceptors (Lipinski definition) is 3. The quantitative estimate of drug-likeness (QED) is 0.756. The topological polar surface area (TPSA) is 54.1 Å². The number of aromatic nitrogens is 1. The van der Waals surface area contributed by atoms with Crippen LogP contribution in [0, 0.1) is 13.8 Å². The SMILES string of the molecule is COc1ccccc1CNCc1cc2ccc(C)c(C)c2[nH]c1=O. The summed E-state index contributed by atoms with van der Waals surface area (Å²) in [6.45, 7) is 5.24. The lowest BCUT2D eigenvalue weighted by molar-refractivity contribution is 0.407. The lowest BCUT2D eigenvalue weighted by Gasteiger charge is -2.10. The van der Waals surface area contributed by atoms with Crippen molar-refractivity contribution in [2.75, 3.05) is 7.11 Å². The normalized spacial score (nSPS) is 11.0. The summed E-state index contributed by atoms with van der Waals surface area (Å²) in [4.78, 5) is 15.4. The number of ether oxygens (including phenoxy) is 1. The van der Waals surface area contributed by atoms with Gasteiger partial charge in [0.2, 0.25) is 0 Å². The van der Waals surface area contributed by atoms with Gasteiger partial charge in [0.15, 0.2) is 0 Å². The highest BCUT2D eigenvalue weighted by atomic mass is 16.5. The summed E-state index contributed by atoms with van der Waals surface area (Å²) >= 11 is 0. The largest absolute Gasteiger partial charge is 0.496 e. The van der Waals surface area contributed by atoms with Crippen LogP contribution >= 0.6 is 0 Å². The number of aromatic amines is 1. The Morgan fingerprint density at radius 1 is 1.04 bits per heavy atom. The molecule has 0 bridgehead atoms. The van der Waals surface area contributed by atoms with Gasteiger partial charge in [-0.15, -0.1) is 0 Å². The Balaban J connectivity index is 1.79. The van der Waals surface area contributed by atoms with Crippen LogP contribution in [0.2, 0.25) is 0 Å². The van der Waals surface area contributed by atoms with Gasteiger partial charge in [-0.1, -0.05) is 30.3 Å². The number of fused-ring (bicyclic) bond motifs is 1. The second-order valence-corrected chi connectivity index (χ2v) is 6.01. The van der Waals surface area contributed by atoms with E-state index in [0.717, 1.165) is 33.3 Å². The molecule has 2 N–H and O–H groups in total. The third-order valence-corrected chi connectivity index (χ3v) is 4.45. The number of nitrogens with one attached hydrogen (secondary N) is 2. The molecule has 0 atom stereocenters. The van der Waals surface area contributed by atoms with Crippen LogP contribution in [0.25, 0.3) is 10.9 Å². The molecule has 0 aliphatic carbocycles. The van der Waals surface area contributed by atoms with Crippen LogP contribution in [0.3, 0.4) is 0 Å². The molecule has 0 radical (unpaired) electrons. The van der Waals surface area contributed by atoms with Crippen LogP contribution in [-0.2, 0) is 13.1 Å². The third-order valence-electron chi connectivity index (χ3n) is 4.45. The van der Waals surface area contributed by atoms with Crippen molar-refractivity contribution in [3.05, 3.63) is 75.1 Å². The Labute approximate surface area is 141 Å². The van der Waals surface area contributed by atoms with Crippen LogP contribution in [0.15, 0.2) is 47.3 Å². The number of methoxy groups -OCH3 is 1. The van der Waals surface area contributed by atoms with Crippen LogP contribution in [0.5, 0.6) is 5.75 Å². The number of rotatable bonds is 5. The van der Waals surface area contributed by atoms with Crippen molar-refractivity contribution < 1.29 is 4.74 Å². The molecule has 0 spiro atoms. The Kier molecular flexibility index (Phi) is 4.67. The van der Waals surface area contributed by atoms with Crippen molar-refractivity contribution in [2.24, 2.45) is 0 Å². The van der Waals surface area contributed by atoms with E-state index in [0.29, 0.717) is 13.1 Å². The van der Waals surface area contributed by atoms with Crippen molar-refractivity contribution in [3.63, 3.8) is 0 Å². The van der Waals surface area contributed by atoms with Crippen LogP contribution in [-0.4, -0.2) is 12.1 Å². The molecule has 124 valence electrons. The van der Waals surface area contributed by atoms with Crippen molar-refractivity contribution in [2.45, 2.75) is 26.9 Å². The van der Waals surface area contributed by atoms with E-state index in [4.69, 9.17) is 4.74 Å². The first-order chi connectivity index (χ1) is 11.6. The van der Waals surface area contributed by atoms with Gasteiger partial charge in [-0.3, -0.25) is 4.79 Å². The smallest absolute Gasteiger partial charge is 0.252 e. The maximum atomic E-state index is 12.3. The van der Waals surface area contributed by atoms with E-state index in [-0.39, 0.29) is 5.56 Å². The predicted octanol–water partition coefficient (Wildman–Crippen LogP) is 3.44. The summed E-state index contributed by atoms with van der Waals surface area (Å²) in [5.41, 5.74) is 5.00. The van der Waals surface area contributed by atoms with Gasteiger partial charge < -0.3 is 15.0 Å². The van der Waals surface area contributed by atoms with E-state index in [1.165, 1.54) is 5.56 Å². The molecule has 0 saturated heterocycles. The minimum atomic E-state index is -0.0382. The highest BCUT2D eigenvalue weighted by Gasteiger charge is 2.07. The molecule has 0 saturated carbocycles. The van der Waals surface area contributed by atoms with Crippen LogP contribution in [0.1, 0.15) is 22.3 Å². The minimum Gasteiger partial charge on any atom is -0.496 e. The standard InChI is InChI=1S/C20H22N2O2/c1-13-8-9-15-10-17(20(23)22-19(15)14(13)2)12-21-11-16-6-4-5-7-18(16)24-3/h4-10,21H,11-12H2,1-3H3,(H,22,23). The van der Waals surface area contributed by atoms with Gasteiger partial charge in [-0.2, -0.15) is 0 Å². The van der Waals surface area contributed by atoms with Gasteiger partial charge in [-0.05, 0) is 42.5 Å². The summed E-state index contributed by atoms with van der Waals surface area (Å²) in [7, 11) is 1.66. The number of benzene rings is 2. The van der Waals surface area contributed by atoms with Crippen LogP contribution in [0.4, 0.5) is 0 Å². The molecule has 24 heavy (non-hydrogen) atoms. The Morgan fingerprint density at radius 2 is 1.79 bits per heavy atom. The van der Waals surface area contributed by atoms with Crippen molar-refractivity contribution in [1.82, 2.24) is 10.3 Å². The highest BCUT2D eigenvalue weighted by Crippen LogP contribution is 2.19. The number of H-pyrrole nitrogens is 1. The fraction of sp³-hybridized carbons (Fsp3) is 0.250. The molecule has 1 aromatic heterocycles. The Bertz CT molecular complexity index is 929. The highest BCUT2D eigenvalue weighted by molar-refractivity contribution is 5.83. The number of para-hydroxylation sites is 1. The second kappa shape index (κ2) is 6.89. The predicted molar refractivity (Wildman–Crippen MR) is 97.6 cm³/mol. The summed E-state index contributed by atoms with van der Waals surface area (Å²) < 4.78 is 5.35. The van der Waals surface area contributed by atoms with Crippen LogP contribution < -0.4 is 15.6 Å². The zero-order valence-corrected chi connectivity index (χ0v) is 14.3. The van der Waals surface area contributed by atoms with E-state index in [9.17, 15) is 4.79 Å². The van der Waals surface area contributed by atoms with E-state index < -0.39 is 0 Å². The van der Waals surface area contributed by atoms with Gasteiger partial charge in [-0.25, -0.2) is 0 Å². The van der Waals surface area contributed by atoms with Gasteiger partial charge in [0.05, 0.1) is 12.6 Å². The Hall–Kier alpha value is -2.59. The minimum absolute atomic E-state index is 0.0382. The molecular weight excluding hydrogens is 300 g/mol. The van der Waals surface area contributed by atoms with Crippen molar-refractivity contribution in [1.29, 1.82) is 0 Å². The molecule has 0 aliphatic rings. The van der Waals surface area contributed by atoms with E-state index in [1.807, 2.05) is 37.3 Å². The average Bonchev–Trinajstić information content (AvgIpc) is 2.60. The van der Waals surface area contributed by atoms with E-state index in [2.05, 4.69) is 29.4 Å². The summed E-state index contributed by atoms with van der Waals surface area (Å²) in [5, 5.41) is 4.39. The number of aryl methyl sites for hydroxylation is 2. The first-order valence-electron chi connectivity index (χ1n) is 8.05. The van der Waals surface area contributed by atoms with Gasteiger partial charge in [0.25, 0.3) is 5.56 Å². The molecule has 0 amide bonds. The molecule has 3 rings (SSSR count). The molecule has 4 heteroatoms. The molecular formula is C20H22N2O2. The fourth-order valence-corrected chi connectivity index (χ4v) is 2.88. The monoisotopic (exact) mass is 322 g/mol. The lowest BCUT2D eigenvalue weighted by atomic mass is 10.0. The van der Waals surface area contributed by atoms with E-state index >= 15 is 0 Å². The van der Waals surface area contributed by atoms with Gasteiger partial charge in [0, 0.05) is 24.2 Å². The molecule has 4 nitrogen and oxygen atoms in total. The average molecular weight is 322 g/mol. The Morgan fingerprint density at radius 3 is 2.58 bits per heavy atom. The second-order valence-electron chi connectivity index (χ2n) is 6.01. The first kappa shape index (κ1) is 16.3. The lowest BCUT2D eigenvalue weighted by Crippen LogP contribution is -2.21. The zero-order valence-electron chi connectivity index (χ0n) is 14.3.